The number of carbonyl (C=O) groups is 1. The van der Waals surface area contributed by atoms with E-state index in [1.54, 1.807) is 6.92 Å². The van der Waals surface area contributed by atoms with Gasteiger partial charge in [0.1, 0.15) is 13.2 Å². The maximum Gasteiger partial charge on any atom is 0.472 e. The monoisotopic (exact) mass is 506 g/mol. The Labute approximate surface area is 209 Å². The van der Waals surface area contributed by atoms with Gasteiger partial charge in [-0.05, 0) is 32.6 Å². The number of hydrogen-bond acceptors (Lipinski definition) is 5. The van der Waals surface area contributed by atoms with Crippen molar-refractivity contribution in [1.82, 2.24) is 0 Å². The molecule has 1 saturated carbocycles. The summed E-state index contributed by atoms with van der Waals surface area (Å²) in [6, 6.07) is 0. The van der Waals surface area contributed by atoms with Crippen LogP contribution in [-0.4, -0.2) is 62.4 Å². The van der Waals surface area contributed by atoms with Gasteiger partial charge in [-0.3, -0.25) is 13.8 Å². The van der Waals surface area contributed by atoms with E-state index in [0.29, 0.717) is 36.9 Å². The van der Waals surface area contributed by atoms with Crippen LogP contribution in [0.4, 0.5) is 0 Å². The molecule has 0 radical (unpaired) electrons. The second-order valence-electron chi connectivity index (χ2n) is 11.0. The fourth-order valence-corrected chi connectivity index (χ4v) is 5.82. The molecule has 1 unspecified atom stereocenters. The Morgan fingerprint density at radius 3 is 2.06 bits per heavy atom. The highest BCUT2D eigenvalue weighted by Gasteiger charge is 2.52. The molecule has 0 aromatic heterocycles. The van der Waals surface area contributed by atoms with E-state index in [9.17, 15) is 14.3 Å². The molecule has 0 aromatic rings. The van der Waals surface area contributed by atoms with Gasteiger partial charge in [0.25, 0.3) is 0 Å². The number of rotatable bonds is 20. The van der Waals surface area contributed by atoms with Crippen LogP contribution in [0.25, 0.3) is 0 Å². The molecule has 1 aliphatic carbocycles. The summed E-state index contributed by atoms with van der Waals surface area (Å²) in [5.74, 6) is -0.295. The maximum absolute atomic E-state index is 13.0. The molecule has 0 spiro atoms. The number of phosphoric acid groups is 1. The molecular formula is C26H53NO6P+. The minimum Gasteiger partial charge on any atom is -0.465 e. The van der Waals surface area contributed by atoms with Gasteiger partial charge in [-0.2, -0.15) is 0 Å². The summed E-state index contributed by atoms with van der Waals surface area (Å²) in [7, 11) is 1.71. The molecule has 34 heavy (non-hydrogen) atoms. The zero-order chi connectivity index (χ0) is 25.5. The number of hydrogen-bond donors (Lipinski definition) is 1. The Hall–Kier alpha value is -0.460. The van der Waals surface area contributed by atoms with Gasteiger partial charge in [0.15, 0.2) is 0 Å². The number of ether oxygens (including phenoxy) is 1. The number of likely N-dealkylation sites (N-methyl/N-ethyl adjacent to an activating group) is 1. The highest BCUT2D eigenvalue weighted by molar-refractivity contribution is 7.47. The highest BCUT2D eigenvalue weighted by Crippen LogP contribution is 2.54. The minimum atomic E-state index is -4.25. The van der Waals surface area contributed by atoms with Crippen molar-refractivity contribution < 1.29 is 32.5 Å². The van der Waals surface area contributed by atoms with Gasteiger partial charge >= 0.3 is 13.8 Å². The van der Waals surface area contributed by atoms with E-state index in [0.717, 1.165) is 25.7 Å². The molecule has 0 aliphatic heterocycles. The summed E-state index contributed by atoms with van der Waals surface area (Å²) in [4.78, 5) is 23.3. The van der Waals surface area contributed by atoms with Crippen LogP contribution in [-0.2, 0) is 23.1 Å². The minimum absolute atomic E-state index is 0.120. The number of phosphoric ester groups is 1. The normalized spacial score (nSPS) is 22.6. The number of nitrogens with zero attached hydrogens (tertiary/aromatic N) is 1. The van der Waals surface area contributed by atoms with Gasteiger partial charge < -0.3 is 14.1 Å². The van der Waals surface area contributed by atoms with E-state index in [2.05, 4.69) is 6.92 Å². The summed E-state index contributed by atoms with van der Waals surface area (Å²) in [6.45, 7) is 5.04. The number of carbonyl (C=O) groups excluding carboxylic acids is 1. The third kappa shape index (κ3) is 12.5. The van der Waals surface area contributed by atoms with Crippen molar-refractivity contribution in [2.24, 2.45) is 5.41 Å². The van der Waals surface area contributed by atoms with E-state index in [-0.39, 0.29) is 12.6 Å². The SMILES string of the molecule is CCCCCCCCCCCCC[C@@]1(C(=O)OCC)CCC[C@H]1OP(=O)(O)OCC[N+](C)(C)C. The lowest BCUT2D eigenvalue weighted by Crippen LogP contribution is -2.41. The number of esters is 1. The fraction of sp³-hybridized carbons (Fsp3) is 0.962. The summed E-state index contributed by atoms with van der Waals surface area (Å²) in [5.41, 5.74) is -0.850. The zero-order valence-corrected chi connectivity index (χ0v) is 23.6. The summed E-state index contributed by atoms with van der Waals surface area (Å²) in [6.07, 6.45) is 15.6. The Morgan fingerprint density at radius 2 is 1.53 bits per heavy atom. The van der Waals surface area contributed by atoms with Crippen molar-refractivity contribution in [1.29, 1.82) is 0 Å². The Morgan fingerprint density at radius 1 is 0.971 bits per heavy atom. The second-order valence-corrected chi connectivity index (χ2v) is 12.4. The lowest BCUT2D eigenvalue weighted by Gasteiger charge is -2.33. The molecule has 0 aromatic carbocycles. The first-order valence-electron chi connectivity index (χ1n) is 13.7. The molecule has 0 amide bonds. The standard InChI is InChI=1S/C26H52NO6P/c1-6-8-9-10-11-12-13-14-15-16-17-20-26(25(28)31-7-2)21-18-19-24(26)33-34(29,30)32-23-22-27(3,4)5/h24H,6-23H2,1-5H3/p+1/t24-,26-/m1/s1. The van der Waals surface area contributed by atoms with Gasteiger partial charge in [0.05, 0.1) is 39.3 Å². The van der Waals surface area contributed by atoms with Crippen molar-refractivity contribution in [3.8, 4) is 0 Å². The Kier molecular flexibility index (Phi) is 15.2. The molecule has 202 valence electrons. The summed E-state index contributed by atoms with van der Waals surface area (Å²) < 4.78 is 29.5. The van der Waals surface area contributed by atoms with Crippen LogP contribution in [0.1, 0.15) is 110 Å². The Bertz CT molecular complexity index is 609. The molecule has 1 rings (SSSR count). The lowest BCUT2D eigenvalue weighted by molar-refractivity contribution is -0.870. The molecule has 0 saturated heterocycles. The predicted molar refractivity (Wildman–Crippen MR) is 138 cm³/mol. The molecular weight excluding hydrogens is 453 g/mol. The van der Waals surface area contributed by atoms with E-state index in [1.165, 1.54) is 51.4 Å². The number of quaternary nitrogens is 1. The van der Waals surface area contributed by atoms with Crippen molar-refractivity contribution in [2.45, 2.75) is 116 Å². The quantitative estimate of drug-likeness (QED) is 0.0864. The topological polar surface area (TPSA) is 82.1 Å². The van der Waals surface area contributed by atoms with Gasteiger partial charge in [0, 0.05) is 0 Å². The third-order valence-corrected chi connectivity index (χ3v) is 7.92. The largest absolute Gasteiger partial charge is 0.472 e. The van der Waals surface area contributed by atoms with Crippen LogP contribution in [0, 0.1) is 5.41 Å². The molecule has 1 N–H and O–H groups in total. The lowest BCUT2D eigenvalue weighted by atomic mass is 9.79. The highest BCUT2D eigenvalue weighted by atomic mass is 31.2. The predicted octanol–water partition coefficient (Wildman–Crippen LogP) is 6.63. The smallest absolute Gasteiger partial charge is 0.465 e. The number of unbranched alkanes of at least 4 members (excludes halogenated alkanes) is 10. The Balaban J connectivity index is 2.53. The van der Waals surface area contributed by atoms with Crippen LogP contribution < -0.4 is 0 Å². The van der Waals surface area contributed by atoms with E-state index >= 15 is 0 Å². The summed E-state index contributed by atoms with van der Waals surface area (Å²) in [5, 5.41) is 0. The van der Waals surface area contributed by atoms with E-state index in [4.69, 9.17) is 13.8 Å². The van der Waals surface area contributed by atoms with E-state index in [1.807, 2.05) is 21.1 Å². The molecule has 8 heteroatoms. The average Bonchev–Trinajstić information content (AvgIpc) is 3.13. The first-order valence-corrected chi connectivity index (χ1v) is 15.2. The zero-order valence-electron chi connectivity index (χ0n) is 22.7. The van der Waals surface area contributed by atoms with Crippen molar-refractivity contribution in [3.05, 3.63) is 0 Å². The molecule has 0 bridgehead atoms. The van der Waals surface area contributed by atoms with Crippen LogP contribution in [0.3, 0.4) is 0 Å². The molecule has 0 heterocycles. The van der Waals surface area contributed by atoms with Gasteiger partial charge in [-0.1, -0.05) is 77.6 Å². The van der Waals surface area contributed by atoms with E-state index < -0.39 is 19.3 Å². The van der Waals surface area contributed by atoms with Crippen LogP contribution in [0.2, 0.25) is 0 Å². The van der Waals surface area contributed by atoms with Gasteiger partial charge in [0.2, 0.25) is 0 Å². The van der Waals surface area contributed by atoms with Crippen molar-refractivity contribution >= 4 is 13.8 Å². The van der Waals surface area contributed by atoms with Gasteiger partial charge in [-0.15, -0.1) is 0 Å². The maximum atomic E-state index is 13.0. The molecule has 1 fully saturated rings. The summed E-state index contributed by atoms with van der Waals surface area (Å²) >= 11 is 0. The van der Waals surface area contributed by atoms with Crippen molar-refractivity contribution in [3.63, 3.8) is 0 Å². The average molecular weight is 507 g/mol. The van der Waals surface area contributed by atoms with Crippen LogP contribution in [0.5, 0.6) is 0 Å². The molecule has 1 aliphatic rings. The molecule has 7 nitrogen and oxygen atoms in total. The fourth-order valence-electron chi connectivity index (χ4n) is 4.82. The van der Waals surface area contributed by atoms with Crippen LogP contribution >= 0.6 is 7.82 Å². The molecule has 3 atom stereocenters. The van der Waals surface area contributed by atoms with Crippen LogP contribution in [0.15, 0.2) is 0 Å². The first kappa shape index (κ1) is 31.6. The first-order chi connectivity index (χ1) is 16.1. The second kappa shape index (κ2) is 16.3. The van der Waals surface area contributed by atoms with Gasteiger partial charge in [-0.25, -0.2) is 4.57 Å². The third-order valence-electron chi connectivity index (χ3n) is 6.89. The van der Waals surface area contributed by atoms with Crippen molar-refractivity contribution in [2.75, 3.05) is 40.9 Å².